The molecule has 1 fully saturated rings. The van der Waals surface area contributed by atoms with Gasteiger partial charge in [-0.05, 0) is 17.7 Å². The molecule has 32 heavy (non-hydrogen) atoms. The molecule has 10 heteroatoms. The first-order valence-corrected chi connectivity index (χ1v) is 9.98. The Morgan fingerprint density at radius 2 is 2.00 bits per heavy atom. The summed E-state index contributed by atoms with van der Waals surface area (Å²) in [4.78, 5) is 44.9. The van der Waals surface area contributed by atoms with E-state index in [9.17, 15) is 23.9 Å². The van der Waals surface area contributed by atoms with E-state index in [4.69, 9.17) is 4.74 Å². The maximum absolute atomic E-state index is 13.3. The minimum absolute atomic E-state index is 0.0215. The quantitative estimate of drug-likeness (QED) is 0.660. The van der Waals surface area contributed by atoms with E-state index in [1.807, 2.05) is 0 Å². The van der Waals surface area contributed by atoms with Crippen LogP contribution in [0.2, 0.25) is 0 Å². The highest BCUT2D eigenvalue weighted by Gasteiger charge is 2.37. The molecule has 1 unspecified atom stereocenters. The first kappa shape index (κ1) is 23.0. The van der Waals surface area contributed by atoms with Crippen molar-refractivity contribution in [3.05, 3.63) is 58.3 Å². The molecule has 2 aliphatic rings. The van der Waals surface area contributed by atoms with Gasteiger partial charge in [-0.2, -0.15) is 0 Å². The van der Waals surface area contributed by atoms with Gasteiger partial charge in [0.2, 0.25) is 0 Å². The smallest absolute Gasteiger partial charge is 0.264 e. The third kappa shape index (κ3) is 4.96. The minimum Gasteiger partial charge on any atom is -0.509 e. The number of halogens is 1. The average molecular weight is 444 g/mol. The van der Waals surface area contributed by atoms with Crippen LogP contribution < -0.4 is 5.32 Å². The van der Waals surface area contributed by atoms with E-state index < -0.39 is 29.3 Å². The van der Waals surface area contributed by atoms with Gasteiger partial charge in [0.25, 0.3) is 17.7 Å². The highest BCUT2D eigenvalue weighted by atomic mass is 19.1. The molecule has 1 aromatic carbocycles. The summed E-state index contributed by atoms with van der Waals surface area (Å²) in [6, 6.07) is 5.89. The van der Waals surface area contributed by atoms with Crippen molar-refractivity contribution in [1.29, 1.82) is 0 Å². The van der Waals surface area contributed by atoms with Gasteiger partial charge in [0.05, 0.1) is 19.6 Å². The molecule has 2 N–H and O–H groups in total. The van der Waals surface area contributed by atoms with Gasteiger partial charge in [-0.25, -0.2) is 4.39 Å². The maximum atomic E-state index is 13.3. The second-order valence-corrected chi connectivity index (χ2v) is 7.65. The number of likely N-dealkylation sites (N-methyl/N-ethyl adjacent to an activating group) is 2. The van der Waals surface area contributed by atoms with Crippen molar-refractivity contribution < 1.29 is 28.6 Å². The number of amides is 3. The van der Waals surface area contributed by atoms with Crippen LogP contribution in [-0.2, 0) is 25.5 Å². The topological polar surface area (TPSA) is 112 Å². The van der Waals surface area contributed by atoms with Crippen LogP contribution in [0.5, 0.6) is 0 Å². The van der Waals surface area contributed by atoms with Crippen molar-refractivity contribution in [2.75, 3.05) is 40.8 Å². The molecule has 2 heterocycles. The lowest BCUT2D eigenvalue weighted by Crippen LogP contribution is -2.52. The average Bonchev–Trinajstić information content (AvgIpc) is 2.78. The van der Waals surface area contributed by atoms with Crippen molar-refractivity contribution in [3.8, 4) is 0 Å². The van der Waals surface area contributed by atoms with Gasteiger partial charge in [0, 0.05) is 39.4 Å². The van der Waals surface area contributed by atoms with Crippen molar-refractivity contribution in [2.45, 2.75) is 12.5 Å². The van der Waals surface area contributed by atoms with Gasteiger partial charge >= 0.3 is 0 Å². The number of nitrogens with one attached hydrogen (secondary N) is 1. The zero-order valence-electron chi connectivity index (χ0n) is 18.1. The second kappa shape index (κ2) is 9.63. The standard InChI is InChI=1S/C22H25FN4O5/c1-24-20(29)19-16(28)10-25-9-14(8-13-4-6-15(23)7-5-13)17-11-27(22(19)31)12-18(32-17)21(30)26(2)3/h4-7,9,18,28H,8,10-12H2,1-3H3,(H,24,29)/b17-14+,19-16+,25-9?. The Bertz CT molecular complexity index is 1010. The first-order chi connectivity index (χ1) is 15.2. The molecule has 9 nitrogen and oxygen atoms in total. The van der Waals surface area contributed by atoms with E-state index in [-0.39, 0.29) is 31.4 Å². The number of rotatable bonds is 4. The Balaban J connectivity index is 2.08. The molecule has 3 amide bonds. The minimum atomic E-state index is -0.998. The number of allylic oxidation sites excluding steroid dienone is 1. The molecule has 2 aliphatic heterocycles. The summed E-state index contributed by atoms with van der Waals surface area (Å²) in [5.41, 5.74) is 0.913. The van der Waals surface area contributed by atoms with E-state index in [2.05, 4.69) is 10.3 Å². The molecule has 1 aromatic rings. The van der Waals surface area contributed by atoms with Crippen molar-refractivity contribution in [2.24, 2.45) is 4.99 Å². The summed E-state index contributed by atoms with van der Waals surface area (Å²) < 4.78 is 19.3. The van der Waals surface area contributed by atoms with Crippen LogP contribution in [0.1, 0.15) is 5.56 Å². The lowest BCUT2D eigenvalue weighted by Gasteiger charge is -2.36. The normalized spacial score (nSPS) is 23.4. The Morgan fingerprint density at radius 3 is 2.62 bits per heavy atom. The lowest BCUT2D eigenvalue weighted by atomic mass is 10.0. The second-order valence-electron chi connectivity index (χ2n) is 7.65. The third-order valence-electron chi connectivity index (χ3n) is 5.12. The fraction of sp³-hybridized carbons (Fsp3) is 0.364. The Kier molecular flexibility index (Phi) is 6.92. The number of carbonyl (C=O) groups excluding carboxylic acids is 3. The number of aliphatic hydroxyl groups excluding tert-OH is 1. The number of ether oxygens (including phenoxy) is 1. The molecule has 170 valence electrons. The number of hydrogen-bond donors (Lipinski definition) is 2. The predicted molar refractivity (Wildman–Crippen MR) is 114 cm³/mol. The summed E-state index contributed by atoms with van der Waals surface area (Å²) >= 11 is 0. The van der Waals surface area contributed by atoms with E-state index in [0.29, 0.717) is 17.8 Å². The number of benzene rings is 1. The third-order valence-corrected chi connectivity index (χ3v) is 5.12. The molecular formula is C22H25FN4O5. The van der Waals surface area contributed by atoms with Crippen LogP contribution in [-0.4, -0.2) is 85.7 Å². The number of morpholine rings is 1. The SMILES string of the molecule is CNC(=O)/C1=C(\O)CN=C/C(Cc2ccc(F)cc2)=C2\CN(CC(C(=O)N(C)C)O2)C1=O. The summed E-state index contributed by atoms with van der Waals surface area (Å²) in [7, 11) is 4.49. The number of aliphatic imine (C=N–C) groups is 1. The van der Waals surface area contributed by atoms with Gasteiger partial charge in [-0.3, -0.25) is 19.4 Å². The highest BCUT2D eigenvalue weighted by Crippen LogP contribution is 2.24. The fourth-order valence-corrected chi connectivity index (χ4v) is 3.43. The molecule has 3 rings (SSSR count). The van der Waals surface area contributed by atoms with Crippen molar-refractivity contribution in [3.63, 3.8) is 0 Å². The molecule has 0 spiro atoms. The molecule has 0 saturated carbocycles. The van der Waals surface area contributed by atoms with E-state index >= 15 is 0 Å². The van der Waals surface area contributed by atoms with Gasteiger partial charge in [0.1, 0.15) is 22.9 Å². The molecule has 2 bridgehead atoms. The summed E-state index contributed by atoms with van der Waals surface area (Å²) in [6.07, 6.45) is 0.783. The highest BCUT2D eigenvalue weighted by molar-refractivity contribution is 6.19. The molecule has 1 saturated heterocycles. The van der Waals surface area contributed by atoms with Crippen molar-refractivity contribution >= 4 is 23.9 Å². The maximum Gasteiger partial charge on any atom is 0.264 e. The number of hydrogen-bond acceptors (Lipinski definition) is 6. The van der Waals surface area contributed by atoms with Crippen molar-refractivity contribution in [1.82, 2.24) is 15.1 Å². The van der Waals surface area contributed by atoms with E-state index in [1.54, 1.807) is 26.2 Å². The van der Waals surface area contributed by atoms with E-state index in [0.717, 1.165) is 5.56 Å². The molecule has 0 radical (unpaired) electrons. The number of nitrogens with zero attached hydrogens (tertiary/aromatic N) is 3. The molecule has 0 aliphatic carbocycles. The lowest BCUT2D eigenvalue weighted by molar-refractivity contribution is -0.146. The monoisotopic (exact) mass is 444 g/mol. The predicted octanol–water partition coefficient (Wildman–Crippen LogP) is 0.580. The summed E-state index contributed by atoms with van der Waals surface area (Å²) in [5.74, 6) is -2.33. The zero-order chi connectivity index (χ0) is 23.4. The number of carbonyl (C=O) groups is 3. The molecule has 0 aromatic heterocycles. The van der Waals surface area contributed by atoms with Crippen LogP contribution in [0.3, 0.4) is 0 Å². The van der Waals surface area contributed by atoms with Gasteiger partial charge in [-0.15, -0.1) is 0 Å². The Morgan fingerprint density at radius 1 is 1.31 bits per heavy atom. The Hall–Kier alpha value is -3.69. The fourth-order valence-electron chi connectivity index (χ4n) is 3.43. The van der Waals surface area contributed by atoms with Crippen LogP contribution in [0, 0.1) is 5.82 Å². The van der Waals surface area contributed by atoms with Gasteiger partial charge in [-0.1, -0.05) is 12.1 Å². The zero-order valence-corrected chi connectivity index (χ0v) is 18.1. The number of fused-ring (bicyclic) bond motifs is 2. The Labute approximate surface area is 184 Å². The van der Waals surface area contributed by atoms with Gasteiger partial charge < -0.3 is 25.0 Å². The largest absolute Gasteiger partial charge is 0.509 e. The van der Waals surface area contributed by atoms with Crippen LogP contribution in [0.15, 0.2) is 51.9 Å². The van der Waals surface area contributed by atoms with E-state index in [1.165, 1.54) is 35.2 Å². The molecule has 1 atom stereocenters. The van der Waals surface area contributed by atoms with Crippen LogP contribution in [0.25, 0.3) is 0 Å². The number of aliphatic hydroxyl groups is 1. The van der Waals surface area contributed by atoms with Crippen LogP contribution >= 0.6 is 0 Å². The van der Waals surface area contributed by atoms with Crippen LogP contribution in [0.4, 0.5) is 4.39 Å². The molecular weight excluding hydrogens is 419 g/mol. The first-order valence-electron chi connectivity index (χ1n) is 9.98. The van der Waals surface area contributed by atoms with Gasteiger partial charge in [0.15, 0.2) is 6.10 Å². The summed E-state index contributed by atoms with van der Waals surface area (Å²) in [6.45, 7) is -0.400. The summed E-state index contributed by atoms with van der Waals surface area (Å²) in [5, 5.41) is 12.8.